The van der Waals surface area contributed by atoms with E-state index in [-0.39, 0.29) is 17.6 Å². The zero-order valence-electron chi connectivity index (χ0n) is 14.7. The van der Waals surface area contributed by atoms with Crippen LogP contribution in [0.25, 0.3) is 11.3 Å². The van der Waals surface area contributed by atoms with E-state index in [1.807, 2.05) is 30.3 Å². The molecule has 138 valence electrons. The average molecular weight is 365 g/mol. The number of aromatic nitrogens is 3. The summed E-state index contributed by atoms with van der Waals surface area (Å²) in [6, 6.07) is 11.4. The van der Waals surface area contributed by atoms with E-state index in [0.29, 0.717) is 48.8 Å². The summed E-state index contributed by atoms with van der Waals surface area (Å²) in [5, 5.41) is 12.3. The Morgan fingerprint density at radius 1 is 1.04 bits per heavy atom. The van der Waals surface area contributed by atoms with Crippen LogP contribution in [-0.4, -0.2) is 34.4 Å². The van der Waals surface area contributed by atoms with E-state index in [4.69, 9.17) is 13.7 Å². The topological polar surface area (TPSA) is 91.2 Å². The van der Waals surface area contributed by atoms with E-state index in [1.165, 1.54) is 0 Å². The maximum absolute atomic E-state index is 12.5. The molecule has 2 aliphatic rings. The number of rotatable bonds is 6. The van der Waals surface area contributed by atoms with Crippen molar-refractivity contribution in [1.82, 2.24) is 15.4 Å². The summed E-state index contributed by atoms with van der Waals surface area (Å²) in [7, 11) is 0. The van der Waals surface area contributed by atoms with Crippen LogP contribution in [0.4, 0.5) is 0 Å². The van der Waals surface area contributed by atoms with Crippen LogP contribution in [-0.2, 0) is 4.74 Å². The van der Waals surface area contributed by atoms with Crippen molar-refractivity contribution in [3.63, 3.8) is 0 Å². The second-order valence-electron chi connectivity index (χ2n) is 7.32. The monoisotopic (exact) mass is 365 g/mol. The third-order valence-electron chi connectivity index (χ3n) is 5.36. The molecule has 1 aliphatic carbocycles. The molecule has 2 aromatic heterocycles. The number of benzene rings is 1. The van der Waals surface area contributed by atoms with E-state index >= 15 is 0 Å². The first-order valence-electron chi connectivity index (χ1n) is 9.22. The maximum Gasteiger partial charge on any atom is 0.224 e. The SMILES string of the molecule is O=C(CC1CC(c2nnc(C3COC3)o2)C1)c1cc(-c2ccccc2)no1. The predicted molar refractivity (Wildman–Crippen MR) is 94.2 cm³/mol. The summed E-state index contributed by atoms with van der Waals surface area (Å²) < 4.78 is 16.2. The van der Waals surface area contributed by atoms with E-state index in [9.17, 15) is 4.79 Å². The Bertz CT molecular complexity index is 939. The zero-order valence-corrected chi connectivity index (χ0v) is 14.7. The number of ether oxygens (including phenoxy) is 1. The molecule has 27 heavy (non-hydrogen) atoms. The highest BCUT2D eigenvalue weighted by atomic mass is 16.5. The van der Waals surface area contributed by atoms with E-state index in [2.05, 4.69) is 15.4 Å². The van der Waals surface area contributed by atoms with Crippen molar-refractivity contribution in [3.8, 4) is 11.3 Å². The molecule has 3 aromatic rings. The van der Waals surface area contributed by atoms with Gasteiger partial charge in [0.15, 0.2) is 0 Å². The number of carbonyl (C=O) groups excluding carboxylic acids is 1. The Morgan fingerprint density at radius 3 is 2.48 bits per heavy atom. The van der Waals surface area contributed by atoms with Crippen molar-refractivity contribution in [3.05, 3.63) is 53.9 Å². The molecule has 0 radical (unpaired) electrons. The Morgan fingerprint density at radius 2 is 1.78 bits per heavy atom. The smallest absolute Gasteiger partial charge is 0.224 e. The molecule has 3 heterocycles. The Labute approximate surface area is 155 Å². The highest BCUT2D eigenvalue weighted by Crippen LogP contribution is 2.43. The second kappa shape index (κ2) is 6.74. The van der Waals surface area contributed by atoms with Gasteiger partial charge in [-0.15, -0.1) is 10.2 Å². The van der Waals surface area contributed by atoms with Gasteiger partial charge in [0.1, 0.15) is 5.69 Å². The molecule has 1 saturated carbocycles. The van der Waals surface area contributed by atoms with Crippen LogP contribution in [0.3, 0.4) is 0 Å². The van der Waals surface area contributed by atoms with Gasteiger partial charge in [-0.05, 0) is 18.8 Å². The molecule has 0 atom stereocenters. The van der Waals surface area contributed by atoms with Gasteiger partial charge in [0, 0.05) is 24.0 Å². The molecule has 0 N–H and O–H groups in total. The highest BCUT2D eigenvalue weighted by molar-refractivity contribution is 5.94. The molecule has 2 fully saturated rings. The average Bonchev–Trinajstić information content (AvgIpc) is 3.27. The second-order valence-corrected chi connectivity index (χ2v) is 7.32. The summed E-state index contributed by atoms with van der Waals surface area (Å²) >= 11 is 0. The van der Waals surface area contributed by atoms with Gasteiger partial charge >= 0.3 is 0 Å². The van der Waals surface area contributed by atoms with Gasteiger partial charge in [-0.2, -0.15) is 0 Å². The number of hydrogen-bond donors (Lipinski definition) is 0. The molecule has 7 heteroatoms. The summed E-state index contributed by atoms with van der Waals surface area (Å²) in [5.74, 6) is 2.48. The summed E-state index contributed by atoms with van der Waals surface area (Å²) in [6.45, 7) is 1.32. The van der Waals surface area contributed by atoms with Crippen LogP contribution in [0.15, 0.2) is 45.3 Å². The van der Waals surface area contributed by atoms with Crippen molar-refractivity contribution in [1.29, 1.82) is 0 Å². The third-order valence-corrected chi connectivity index (χ3v) is 5.36. The Balaban J connectivity index is 1.16. The van der Waals surface area contributed by atoms with Crippen LogP contribution < -0.4 is 0 Å². The predicted octanol–water partition coefficient (Wildman–Crippen LogP) is 3.61. The van der Waals surface area contributed by atoms with E-state index in [0.717, 1.165) is 18.4 Å². The maximum atomic E-state index is 12.5. The standard InChI is InChI=1S/C20H19N3O4/c24-17(18-9-16(23-27-18)13-4-2-1-3-5-13)8-12-6-14(7-12)19-21-22-20(26-19)15-10-25-11-15/h1-5,9,12,14-15H,6-8,10-11H2. The van der Waals surface area contributed by atoms with Crippen LogP contribution in [0.1, 0.15) is 53.4 Å². The Hall–Kier alpha value is -2.80. The number of hydrogen-bond acceptors (Lipinski definition) is 7. The highest BCUT2D eigenvalue weighted by Gasteiger charge is 2.37. The molecular weight excluding hydrogens is 346 g/mol. The molecule has 1 aliphatic heterocycles. The summed E-state index contributed by atoms with van der Waals surface area (Å²) in [4.78, 5) is 12.5. The van der Waals surface area contributed by atoms with Crippen LogP contribution in [0, 0.1) is 5.92 Å². The fourth-order valence-electron chi connectivity index (χ4n) is 3.57. The Kier molecular flexibility index (Phi) is 4.09. The van der Waals surface area contributed by atoms with E-state index < -0.39 is 0 Å². The van der Waals surface area contributed by atoms with Gasteiger partial charge in [0.2, 0.25) is 23.3 Å². The number of Topliss-reactive ketones (excluding diaryl/α,β-unsaturated/α-hetero) is 1. The molecule has 1 saturated heterocycles. The summed E-state index contributed by atoms with van der Waals surface area (Å²) in [5.41, 5.74) is 1.62. The first-order valence-corrected chi connectivity index (χ1v) is 9.22. The van der Waals surface area contributed by atoms with Crippen LogP contribution in [0.5, 0.6) is 0 Å². The van der Waals surface area contributed by atoms with Crippen LogP contribution in [0.2, 0.25) is 0 Å². The molecule has 1 aromatic carbocycles. The van der Waals surface area contributed by atoms with Crippen molar-refractivity contribution >= 4 is 5.78 Å². The van der Waals surface area contributed by atoms with Crippen molar-refractivity contribution < 1.29 is 18.5 Å². The first kappa shape index (κ1) is 16.4. The molecule has 7 nitrogen and oxygen atoms in total. The lowest BCUT2D eigenvalue weighted by atomic mass is 9.72. The number of nitrogens with zero attached hydrogens (tertiary/aromatic N) is 3. The van der Waals surface area contributed by atoms with Gasteiger partial charge in [-0.3, -0.25) is 4.79 Å². The molecule has 0 amide bonds. The van der Waals surface area contributed by atoms with E-state index in [1.54, 1.807) is 6.07 Å². The normalized spacial score (nSPS) is 22.2. The molecule has 0 unspecified atom stereocenters. The molecule has 0 spiro atoms. The molecular formula is C20H19N3O4. The minimum atomic E-state index is -0.00836. The van der Waals surface area contributed by atoms with Gasteiger partial charge in [-0.1, -0.05) is 35.5 Å². The minimum absolute atomic E-state index is 0.00836. The van der Waals surface area contributed by atoms with Crippen LogP contribution >= 0.6 is 0 Å². The lowest BCUT2D eigenvalue weighted by Gasteiger charge is -2.32. The minimum Gasteiger partial charge on any atom is -0.424 e. The van der Waals surface area contributed by atoms with Crippen molar-refractivity contribution in [2.45, 2.75) is 31.1 Å². The van der Waals surface area contributed by atoms with Crippen molar-refractivity contribution in [2.75, 3.05) is 13.2 Å². The fourth-order valence-corrected chi connectivity index (χ4v) is 3.57. The summed E-state index contributed by atoms with van der Waals surface area (Å²) in [6.07, 6.45) is 2.22. The quantitative estimate of drug-likeness (QED) is 0.616. The third kappa shape index (κ3) is 3.19. The van der Waals surface area contributed by atoms with Gasteiger partial charge in [0.05, 0.1) is 19.1 Å². The zero-order chi connectivity index (χ0) is 18.2. The number of carbonyl (C=O) groups is 1. The molecule has 0 bridgehead atoms. The molecule has 5 rings (SSSR count). The fraction of sp³-hybridized carbons (Fsp3) is 0.400. The lowest BCUT2D eigenvalue weighted by molar-refractivity contribution is -0.00322. The first-order chi connectivity index (χ1) is 13.3. The largest absolute Gasteiger partial charge is 0.424 e. The van der Waals surface area contributed by atoms with Gasteiger partial charge in [0.25, 0.3) is 0 Å². The number of ketones is 1. The van der Waals surface area contributed by atoms with Crippen molar-refractivity contribution in [2.24, 2.45) is 5.92 Å². The van der Waals surface area contributed by atoms with Gasteiger partial charge in [-0.25, -0.2) is 0 Å². The lowest BCUT2D eigenvalue weighted by Crippen LogP contribution is -2.25. The van der Waals surface area contributed by atoms with Gasteiger partial charge < -0.3 is 13.7 Å².